The van der Waals surface area contributed by atoms with Gasteiger partial charge in [0, 0.05) is 48.0 Å². The predicted octanol–water partition coefficient (Wildman–Crippen LogP) is 4.79. The number of rotatable bonds is 9. The van der Waals surface area contributed by atoms with E-state index >= 15 is 0 Å². The first-order valence-corrected chi connectivity index (χ1v) is 12.0. The van der Waals surface area contributed by atoms with Crippen LogP contribution in [0.2, 0.25) is 0 Å². The number of hydrogen-bond donors (Lipinski definition) is 3. The average Bonchev–Trinajstić information content (AvgIpc) is 3.45. The topological polar surface area (TPSA) is 127 Å². The van der Waals surface area contributed by atoms with Gasteiger partial charge in [0.15, 0.2) is 23.0 Å². The van der Waals surface area contributed by atoms with Gasteiger partial charge in [0.2, 0.25) is 0 Å². The molecule has 10 heteroatoms. The van der Waals surface area contributed by atoms with Crippen LogP contribution in [0.25, 0.3) is 16.9 Å². The van der Waals surface area contributed by atoms with Gasteiger partial charge in [-0.15, -0.1) is 0 Å². The highest BCUT2D eigenvalue weighted by atomic mass is 16.5. The first-order chi connectivity index (χ1) is 18.9. The number of carbonyl (C=O) groups is 2. The molecular weight excluding hydrogens is 498 g/mol. The molecule has 5 rings (SSSR count). The van der Waals surface area contributed by atoms with Crippen LogP contribution in [0.4, 0.5) is 11.5 Å². The quantitative estimate of drug-likeness (QED) is 0.252. The smallest absolute Gasteiger partial charge is 0.335 e. The molecule has 0 unspecified atom stereocenters. The fourth-order valence-corrected chi connectivity index (χ4v) is 4.07. The molecule has 0 aliphatic rings. The molecule has 5 aromatic rings. The first-order valence-electron chi connectivity index (χ1n) is 12.0. The largest absolute Gasteiger partial charge is 0.493 e. The van der Waals surface area contributed by atoms with E-state index in [0.29, 0.717) is 34.2 Å². The average molecular weight is 524 g/mol. The molecule has 2 heterocycles. The number of carboxylic acids is 1. The summed E-state index contributed by atoms with van der Waals surface area (Å²) >= 11 is 0. The Hall–Kier alpha value is -5.38. The molecular formula is C29H25N5O5. The van der Waals surface area contributed by atoms with Crippen LogP contribution in [0.1, 0.15) is 26.3 Å². The molecule has 0 saturated carbocycles. The van der Waals surface area contributed by atoms with Gasteiger partial charge >= 0.3 is 5.97 Å². The highest BCUT2D eigenvalue weighted by Gasteiger charge is 2.13. The van der Waals surface area contributed by atoms with Gasteiger partial charge in [-0.1, -0.05) is 24.3 Å². The molecule has 3 N–H and O–H groups in total. The zero-order valence-electron chi connectivity index (χ0n) is 21.2. The maximum atomic E-state index is 12.9. The van der Waals surface area contributed by atoms with Crippen molar-refractivity contribution in [3.63, 3.8) is 0 Å². The van der Waals surface area contributed by atoms with E-state index in [1.807, 2.05) is 35.0 Å². The van der Waals surface area contributed by atoms with E-state index in [9.17, 15) is 9.59 Å². The lowest BCUT2D eigenvalue weighted by Gasteiger charge is -2.13. The fraction of sp³-hybridized carbons (Fsp3) is 0.103. The summed E-state index contributed by atoms with van der Waals surface area (Å²) in [5.74, 6) is 0.473. The van der Waals surface area contributed by atoms with Crippen molar-refractivity contribution < 1.29 is 24.2 Å². The van der Waals surface area contributed by atoms with E-state index < -0.39 is 5.97 Å². The van der Waals surface area contributed by atoms with Crippen LogP contribution in [0, 0.1) is 0 Å². The van der Waals surface area contributed by atoms with Gasteiger partial charge in [-0.05, 0) is 42.0 Å². The summed E-state index contributed by atoms with van der Waals surface area (Å²) < 4.78 is 12.6. The predicted molar refractivity (Wildman–Crippen MR) is 146 cm³/mol. The standard InChI is InChI=1S/C29H25N5O5/c1-38-24-11-10-22(15-25(24)39-2)32-26-27-30-12-13-34(27)17-23(33-26)20-4-3-5-21(14-20)28(35)31-16-18-6-8-19(9-7-18)29(36)37/h3-15,17H,16H2,1-2H3,(H,31,35)(H,32,33)(H,36,37). The van der Waals surface area contributed by atoms with Crippen LogP contribution in [-0.4, -0.2) is 45.6 Å². The Morgan fingerprint density at radius 1 is 0.949 bits per heavy atom. The summed E-state index contributed by atoms with van der Waals surface area (Å²) in [4.78, 5) is 33.2. The monoisotopic (exact) mass is 523 g/mol. The van der Waals surface area contributed by atoms with Crippen molar-refractivity contribution in [1.82, 2.24) is 19.7 Å². The number of hydrogen-bond acceptors (Lipinski definition) is 7. The van der Waals surface area contributed by atoms with Gasteiger partial charge < -0.3 is 29.6 Å². The Balaban J connectivity index is 1.38. The number of imidazole rings is 1. The summed E-state index contributed by atoms with van der Waals surface area (Å²) in [6.45, 7) is 0.265. The maximum absolute atomic E-state index is 12.9. The number of anilines is 2. The third kappa shape index (κ3) is 5.49. The number of aromatic carboxylic acids is 1. The molecule has 3 aromatic carbocycles. The minimum atomic E-state index is -0.994. The molecule has 2 aromatic heterocycles. The van der Waals surface area contributed by atoms with Crippen LogP contribution in [-0.2, 0) is 6.54 Å². The lowest BCUT2D eigenvalue weighted by atomic mass is 10.1. The number of nitrogens with zero attached hydrogens (tertiary/aromatic N) is 3. The van der Waals surface area contributed by atoms with Crippen LogP contribution in [0.15, 0.2) is 85.3 Å². The van der Waals surface area contributed by atoms with E-state index in [1.165, 1.54) is 12.1 Å². The van der Waals surface area contributed by atoms with E-state index in [1.54, 1.807) is 56.8 Å². The Bertz CT molecular complexity index is 1660. The molecule has 1 amide bonds. The molecule has 10 nitrogen and oxygen atoms in total. The second kappa shape index (κ2) is 10.9. The van der Waals surface area contributed by atoms with Gasteiger partial charge in [-0.2, -0.15) is 0 Å². The molecule has 0 aliphatic carbocycles. The molecule has 0 atom stereocenters. The van der Waals surface area contributed by atoms with Gasteiger partial charge in [0.05, 0.1) is 25.5 Å². The lowest BCUT2D eigenvalue weighted by molar-refractivity contribution is 0.0696. The van der Waals surface area contributed by atoms with E-state index in [2.05, 4.69) is 15.6 Å². The molecule has 0 saturated heterocycles. The molecule has 0 radical (unpaired) electrons. The molecule has 196 valence electrons. The van der Waals surface area contributed by atoms with E-state index in [4.69, 9.17) is 19.6 Å². The summed E-state index contributed by atoms with van der Waals surface area (Å²) in [5.41, 5.74) is 4.23. The molecule has 0 fully saturated rings. The van der Waals surface area contributed by atoms with Gasteiger partial charge in [0.25, 0.3) is 5.91 Å². The molecule has 0 spiro atoms. The SMILES string of the molecule is COc1ccc(Nc2nc(-c3cccc(C(=O)NCc4ccc(C(=O)O)cc4)c3)cn3ccnc23)cc1OC. The third-order valence-electron chi connectivity index (χ3n) is 6.09. The number of ether oxygens (including phenoxy) is 2. The Morgan fingerprint density at radius 3 is 2.49 bits per heavy atom. The second-order valence-electron chi connectivity index (χ2n) is 8.59. The Labute approximate surface area is 223 Å². The van der Waals surface area contributed by atoms with Gasteiger partial charge in [-0.25, -0.2) is 14.8 Å². The molecule has 0 aliphatic heterocycles. The van der Waals surface area contributed by atoms with Crippen molar-refractivity contribution in [2.24, 2.45) is 0 Å². The summed E-state index contributed by atoms with van der Waals surface area (Å²) in [5, 5.41) is 15.2. The second-order valence-corrected chi connectivity index (χ2v) is 8.59. The highest BCUT2D eigenvalue weighted by Crippen LogP contribution is 2.32. The minimum Gasteiger partial charge on any atom is -0.493 e. The summed E-state index contributed by atoms with van der Waals surface area (Å²) in [7, 11) is 3.16. The van der Waals surface area contributed by atoms with E-state index in [-0.39, 0.29) is 18.0 Å². The van der Waals surface area contributed by atoms with Crippen molar-refractivity contribution >= 4 is 29.0 Å². The number of methoxy groups -OCH3 is 2. The maximum Gasteiger partial charge on any atom is 0.335 e. The van der Waals surface area contributed by atoms with Crippen LogP contribution in [0.5, 0.6) is 11.5 Å². The number of aromatic nitrogens is 3. The minimum absolute atomic E-state index is 0.195. The van der Waals surface area contributed by atoms with Crippen LogP contribution >= 0.6 is 0 Å². The summed E-state index contributed by atoms with van der Waals surface area (Å²) in [6.07, 6.45) is 5.36. The van der Waals surface area contributed by atoms with E-state index in [0.717, 1.165) is 16.8 Å². The third-order valence-corrected chi connectivity index (χ3v) is 6.09. The highest BCUT2D eigenvalue weighted by molar-refractivity contribution is 5.95. The number of fused-ring (bicyclic) bond motifs is 1. The van der Waals surface area contributed by atoms with Crippen LogP contribution in [0.3, 0.4) is 0 Å². The number of nitrogens with one attached hydrogen (secondary N) is 2. The van der Waals surface area contributed by atoms with Crippen molar-refractivity contribution in [3.05, 3.63) is 102 Å². The Kier molecular flexibility index (Phi) is 7.09. The summed E-state index contributed by atoms with van der Waals surface area (Å²) in [6, 6.07) is 19.0. The van der Waals surface area contributed by atoms with Crippen molar-refractivity contribution in [2.45, 2.75) is 6.54 Å². The van der Waals surface area contributed by atoms with Gasteiger partial charge in [-0.3, -0.25) is 4.79 Å². The van der Waals surface area contributed by atoms with Gasteiger partial charge in [0.1, 0.15) is 0 Å². The van der Waals surface area contributed by atoms with Crippen molar-refractivity contribution in [1.29, 1.82) is 0 Å². The normalized spacial score (nSPS) is 10.7. The van der Waals surface area contributed by atoms with Crippen LogP contribution < -0.4 is 20.1 Å². The molecule has 39 heavy (non-hydrogen) atoms. The van der Waals surface area contributed by atoms with Crippen molar-refractivity contribution in [2.75, 3.05) is 19.5 Å². The number of carbonyl (C=O) groups excluding carboxylic acids is 1. The lowest BCUT2D eigenvalue weighted by Crippen LogP contribution is -2.22. The van der Waals surface area contributed by atoms with Crippen molar-refractivity contribution in [3.8, 4) is 22.8 Å². The number of benzene rings is 3. The number of amides is 1. The Morgan fingerprint density at radius 2 is 1.74 bits per heavy atom. The number of carboxylic acid groups (broad SMARTS) is 1. The zero-order valence-corrected chi connectivity index (χ0v) is 21.2. The molecule has 0 bridgehead atoms. The fourth-order valence-electron chi connectivity index (χ4n) is 4.07. The zero-order chi connectivity index (χ0) is 27.4. The first kappa shape index (κ1) is 25.3.